The Morgan fingerprint density at radius 1 is 1.14 bits per heavy atom. The average molecular weight is 281 g/mol. The van der Waals surface area contributed by atoms with Gasteiger partial charge in [0.25, 0.3) is 5.56 Å². The molecule has 0 saturated carbocycles. The number of benzene rings is 2. The second-order valence-corrected chi connectivity index (χ2v) is 4.59. The van der Waals surface area contributed by atoms with E-state index in [0.717, 1.165) is 16.0 Å². The molecule has 0 atom stereocenters. The summed E-state index contributed by atoms with van der Waals surface area (Å²) in [6.07, 6.45) is 0. The second kappa shape index (κ2) is 5.28. The molecule has 1 aromatic heterocycles. The van der Waals surface area contributed by atoms with Gasteiger partial charge in [-0.1, -0.05) is 12.1 Å². The van der Waals surface area contributed by atoms with Gasteiger partial charge in [-0.25, -0.2) is 9.66 Å². The zero-order valence-corrected chi connectivity index (χ0v) is 11.6. The second-order valence-electron chi connectivity index (χ2n) is 4.59. The molecule has 0 spiro atoms. The van der Waals surface area contributed by atoms with Crippen LogP contribution in [0, 0.1) is 0 Å². The van der Waals surface area contributed by atoms with Gasteiger partial charge in [0.2, 0.25) is 0 Å². The van der Waals surface area contributed by atoms with E-state index in [1.165, 1.54) is 0 Å². The number of fused-ring (bicyclic) bond motifs is 1. The molecule has 0 bridgehead atoms. The van der Waals surface area contributed by atoms with Crippen molar-refractivity contribution in [1.82, 2.24) is 9.66 Å². The number of ether oxygens (including phenoxy) is 1. The normalized spacial score (nSPS) is 10.7. The molecule has 2 aromatic carbocycles. The largest absolute Gasteiger partial charge is 0.494 e. The summed E-state index contributed by atoms with van der Waals surface area (Å²) in [5.74, 6) is 7.09. The molecule has 5 nitrogen and oxygen atoms in total. The number of aromatic nitrogens is 2. The van der Waals surface area contributed by atoms with Crippen molar-refractivity contribution in [3.05, 3.63) is 58.9 Å². The van der Waals surface area contributed by atoms with Gasteiger partial charge in [0.1, 0.15) is 5.75 Å². The van der Waals surface area contributed by atoms with Crippen molar-refractivity contribution in [1.29, 1.82) is 0 Å². The molecule has 0 saturated heterocycles. The molecule has 0 radical (unpaired) electrons. The molecular formula is C16H15N3O2. The minimum atomic E-state index is -0.260. The Morgan fingerprint density at radius 2 is 1.86 bits per heavy atom. The van der Waals surface area contributed by atoms with Crippen LogP contribution in [0.2, 0.25) is 0 Å². The van der Waals surface area contributed by atoms with Crippen LogP contribution in [0.3, 0.4) is 0 Å². The molecule has 1 heterocycles. The van der Waals surface area contributed by atoms with Gasteiger partial charge in [-0.05, 0) is 43.3 Å². The number of nitrogens with two attached hydrogens (primary N) is 1. The summed E-state index contributed by atoms with van der Waals surface area (Å²) < 4.78 is 6.48. The van der Waals surface area contributed by atoms with Crippen LogP contribution in [0.5, 0.6) is 5.75 Å². The summed E-state index contributed by atoms with van der Waals surface area (Å²) >= 11 is 0. The molecule has 5 heteroatoms. The van der Waals surface area contributed by atoms with Crippen LogP contribution in [0.15, 0.2) is 53.3 Å². The van der Waals surface area contributed by atoms with Crippen molar-refractivity contribution in [2.24, 2.45) is 0 Å². The van der Waals surface area contributed by atoms with Crippen LogP contribution < -0.4 is 16.1 Å². The predicted octanol–water partition coefficient (Wildman–Crippen LogP) is 2.18. The fourth-order valence-corrected chi connectivity index (χ4v) is 2.22. The summed E-state index contributed by atoms with van der Waals surface area (Å²) in [6.45, 7) is 2.53. The third-order valence-corrected chi connectivity index (χ3v) is 3.23. The number of nitrogens with zero attached hydrogens (tertiary/aromatic N) is 2. The van der Waals surface area contributed by atoms with Crippen molar-refractivity contribution >= 4 is 10.9 Å². The van der Waals surface area contributed by atoms with Crippen molar-refractivity contribution < 1.29 is 4.74 Å². The zero-order valence-electron chi connectivity index (χ0n) is 11.6. The first-order valence-corrected chi connectivity index (χ1v) is 6.71. The number of hydrogen-bond acceptors (Lipinski definition) is 4. The van der Waals surface area contributed by atoms with Gasteiger partial charge in [0.15, 0.2) is 5.82 Å². The molecule has 2 N–H and O–H groups in total. The molecular weight excluding hydrogens is 266 g/mol. The number of rotatable bonds is 3. The number of para-hydroxylation sites is 1. The van der Waals surface area contributed by atoms with Gasteiger partial charge in [-0.3, -0.25) is 4.79 Å². The maximum atomic E-state index is 12.3. The Labute approximate surface area is 121 Å². The molecule has 0 aliphatic carbocycles. The van der Waals surface area contributed by atoms with Crippen molar-refractivity contribution in [2.45, 2.75) is 6.92 Å². The van der Waals surface area contributed by atoms with Crippen LogP contribution in [-0.4, -0.2) is 16.3 Å². The predicted molar refractivity (Wildman–Crippen MR) is 82.8 cm³/mol. The SMILES string of the molecule is CCOc1ccc(-c2nc3ccccc3c(=O)n2N)cc1. The molecule has 0 aliphatic heterocycles. The maximum Gasteiger partial charge on any atom is 0.280 e. The Bertz CT molecular complexity index is 838. The molecule has 0 amide bonds. The topological polar surface area (TPSA) is 70.1 Å². The summed E-state index contributed by atoms with van der Waals surface area (Å²) in [6, 6.07) is 14.5. The molecule has 106 valence electrons. The maximum absolute atomic E-state index is 12.3. The van der Waals surface area contributed by atoms with E-state index in [1.807, 2.05) is 37.3 Å². The highest BCUT2D eigenvalue weighted by Gasteiger charge is 2.10. The highest BCUT2D eigenvalue weighted by Crippen LogP contribution is 2.20. The van der Waals surface area contributed by atoms with Crippen LogP contribution in [0.4, 0.5) is 0 Å². The first kappa shape index (κ1) is 13.2. The van der Waals surface area contributed by atoms with Crippen molar-refractivity contribution in [3.8, 4) is 17.1 Å². The first-order chi connectivity index (χ1) is 10.2. The lowest BCUT2D eigenvalue weighted by Gasteiger charge is -2.09. The molecule has 0 fully saturated rings. The van der Waals surface area contributed by atoms with Crippen LogP contribution >= 0.6 is 0 Å². The lowest BCUT2D eigenvalue weighted by Crippen LogP contribution is -2.29. The minimum absolute atomic E-state index is 0.260. The van der Waals surface area contributed by atoms with Gasteiger partial charge in [-0.2, -0.15) is 0 Å². The Kier molecular flexibility index (Phi) is 3.31. The Balaban J connectivity index is 2.16. The van der Waals surface area contributed by atoms with Gasteiger partial charge in [0.05, 0.1) is 17.5 Å². The third-order valence-electron chi connectivity index (χ3n) is 3.23. The van der Waals surface area contributed by atoms with E-state index >= 15 is 0 Å². The van der Waals surface area contributed by atoms with E-state index < -0.39 is 0 Å². The van der Waals surface area contributed by atoms with Crippen LogP contribution in [0.25, 0.3) is 22.3 Å². The van der Waals surface area contributed by atoms with E-state index in [1.54, 1.807) is 18.2 Å². The summed E-state index contributed by atoms with van der Waals surface area (Å²) in [5, 5.41) is 0.509. The number of nitrogen functional groups attached to an aromatic ring is 1. The summed E-state index contributed by atoms with van der Waals surface area (Å²) in [7, 11) is 0. The zero-order chi connectivity index (χ0) is 14.8. The van der Waals surface area contributed by atoms with Crippen molar-refractivity contribution in [2.75, 3.05) is 12.4 Å². The van der Waals surface area contributed by atoms with Gasteiger partial charge in [-0.15, -0.1) is 0 Å². The molecule has 3 aromatic rings. The van der Waals surface area contributed by atoms with Crippen LogP contribution in [0.1, 0.15) is 6.92 Å². The highest BCUT2D eigenvalue weighted by molar-refractivity contribution is 5.79. The molecule has 0 unspecified atom stereocenters. The molecule has 3 rings (SSSR count). The van der Waals surface area contributed by atoms with Gasteiger partial charge < -0.3 is 10.6 Å². The van der Waals surface area contributed by atoms with E-state index in [9.17, 15) is 4.79 Å². The molecule has 0 aliphatic rings. The lowest BCUT2D eigenvalue weighted by atomic mass is 10.2. The average Bonchev–Trinajstić information content (AvgIpc) is 2.52. The highest BCUT2D eigenvalue weighted by atomic mass is 16.5. The quantitative estimate of drug-likeness (QED) is 0.747. The Hall–Kier alpha value is -2.82. The smallest absolute Gasteiger partial charge is 0.280 e. The molecule has 21 heavy (non-hydrogen) atoms. The standard InChI is InChI=1S/C16H15N3O2/c1-2-21-12-9-7-11(8-10-12)15-18-14-6-4-3-5-13(14)16(20)19(15)17/h3-10H,2,17H2,1H3. The first-order valence-electron chi connectivity index (χ1n) is 6.71. The van der Waals surface area contributed by atoms with Crippen LogP contribution in [-0.2, 0) is 0 Å². The summed E-state index contributed by atoms with van der Waals surface area (Å²) in [4.78, 5) is 16.7. The van der Waals surface area contributed by atoms with E-state index in [2.05, 4.69) is 4.98 Å². The van der Waals surface area contributed by atoms with E-state index in [0.29, 0.717) is 23.3 Å². The third kappa shape index (κ3) is 2.33. The van der Waals surface area contributed by atoms with E-state index in [4.69, 9.17) is 10.6 Å². The lowest BCUT2D eigenvalue weighted by molar-refractivity contribution is 0.340. The number of hydrogen-bond donors (Lipinski definition) is 1. The summed E-state index contributed by atoms with van der Waals surface area (Å²) in [5.41, 5.74) is 1.14. The minimum Gasteiger partial charge on any atom is -0.494 e. The fraction of sp³-hybridized carbons (Fsp3) is 0.125. The van der Waals surface area contributed by atoms with Gasteiger partial charge in [0, 0.05) is 5.56 Å². The Morgan fingerprint density at radius 3 is 2.57 bits per heavy atom. The van der Waals surface area contributed by atoms with E-state index in [-0.39, 0.29) is 5.56 Å². The fourth-order valence-electron chi connectivity index (χ4n) is 2.22. The van der Waals surface area contributed by atoms with Gasteiger partial charge >= 0.3 is 0 Å². The monoisotopic (exact) mass is 281 g/mol. The van der Waals surface area contributed by atoms with Crippen molar-refractivity contribution in [3.63, 3.8) is 0 Å².